The molecule has 2 aliphatic carbocycles. The van der Waals surface area contributed by atoms with Crippen molar-refractivity contribution < 1.29 is 72.4 Å². The van der Waals surface area contributed by atoms with Crippen LogP contribution in [-0.2, 0) is 88.2 Å². The van der Waals surface area contributed by atoms with E-state index in [2.05, 4.69) is 57.5 Å². The third kappa shape index (κ3) is 12.6. The largest absolute Gasteiger partial charge is 0.454 e. The molecule has 0 spiro atoms. The van der Waals surface area contributed by atoms with Crippen LogP contribution in [0.5, 0.6) is 23.0 Å². The number of aldehydes is 1. The third-order valence-electron chi connectivity index (χ3n) is 15.1. The molecular formula is C62H71F2N2O9Pd-. The predicted molar refractivity (Wildman–Crippen MR) is 287 cm³/mol. The van der Waals surface area contributed by atoms with Gasteiger partial charge in [0.25, 0.3) is 0 Å². The first-order valence-electron chi connectivity index (χ1n) is 25.9. The number of carbonyl (C=O) groups is 3. The smallest absolute Gasteiger partial charge is 0.231 e. The summed E-state index contributed by atoms with van der Waals surface area (Å²) in [5.41, 5.74) is 6.67. The summed E-state index contributed by atoms with van der Waals surface area (Å²) in [6, 6.07) is 30.5. The monoisotopic (exact) mass is 1130 g/mol. The van der Waals surface area contributed by atoms with Crippen LogP contribution in [0.2, 0.25) is 0 Å². The Hall–Kier alpha value is -5.91. The summed E-state index contributed by atoms with van der Waals surface area (Å²) >= 11 is 0. The fourth-order valence-corrected chi connectivity index (χ4v) is 10.3. The van der Waals surface area contributed by atoms with Gasteiger partial charge in [0.05, 0.1) is 29.6 Å². The Kier molecular flexibility index (Phi) is 18.1. The number of halogens is 2. The zero-order valence-electron chi connectivity index (χ0n) is 44.7. The SMILES string of the molecule is CC(C)(C)C1Cc2cc(CC(=O)C3(c4ccc5c(c4)OCO5)CC3)c(F)cc2N1.CC(C)(C)c1cc2cc(CC(=O)C3(c4ccc5c(c4)OCO5)CC3)c(F)cc2n1CCCO.O=CCCOCc1ccccc1.[CH3-].[Pd]. The van der Waals surface area contributed by atoms with E-state index >= 15 is 4.39 Å². The van der Waals surface area contributed by atoms with Gasteiger partial charge >= 0.3 is 0 Å². The number of carbonyl (C=O) groups excluding carboxylic acids is 3. The molecule has 408 valence electrons. The number of rotatable bonds is 16. The fourth-order valence-electron chi connectivity index (χ4n) is 10.3. The molecule has 6 aromatic rings. The fraction of sp³-hybridized carbons (Fsp3) is 0.419. The number of fused-ring (bicyclic) bond motifs is 4. The van der Waals surface area contributed by atoms with Gasteiger partial charge in [0.1, 0.15) is 29.5 Å². The van der Waals surface area contributed by atoms with Gasteiger partial charge in [0.2, 0.25) is 13.6 Å². The molecule has 11 rings (SSSR count). The Labute approximate surface area is 459 Å². The maximum atomic E-state index is 15.2. The van der Waals surface area contributed by atoms with Gasteiger partial charge in [-0.15, -0.1) is 0 Å². The quantitative estimate of drug-likeness (QED) is 0.0417. The molecule has 5 aromatic carbocycles. The van der Waals surface area contributed by atoms with E-state index in [9.17, 15) is 23.9 Å². The van der Waals surface area contributed by atoms with Gasteiger partial charge in [0, 0.05) is 81.1 Å². The summed E-state index contributed by atoms with van der Waals surface area (Å²) in [7, 11) is 0. The summed E-state index contributed by atoms with van der Waals surface area (Å²) in [5.74, 6) is 2.20. The van der Waals surface area contributed by atoms with Crippen LogP contribution in [-0.4, -0.2) is 60.4 Å². The molecule has 1 aromatic heterocycles. The van der Waals surface area contributed by atoms with Gasteiger partial charge in [0.15, 0.2) is 23.0 Å². The second-order valence-electron chi connectivity index (χ2n) is 22.4. The Balaban J connectivity index is 0.000000179. The average molecular weight is 1130 g/mol. The van der Waals surface area contributed by atoms with Crippen LogP contribution in [0.1, 0.15) is 119 Å². The van der Waals surface area contributed by atoms with Crippen molar-refractivity contribution in [1.29, 1.82) is 0 Å². The number of ketones is 2. The number of hydrogen-bond acceptors (Lipinski definition) is 10. The molecule has 11 nitrogen and oxygen atoms in total. The number of aromatic nitrogens is 1. The Morgan fingerprint density at radius 1 is 0.750 bits per heavy atom. The summed E-state index contributed by atoms with van der Waals surface area (Å²) < 4.78 is 59.0. The number of Topliss-reactive ketones (excluding diaryl/α,β-unsaturated/α-hetero) is 2. The second kappa shape index (κ2) is 23.8. The van der Waals surface area contributed by atoms with Crippen molar-refractivity contribution in [2.45, 2.75) is 135 Å². The number of aryl methyl sites for hydroxylation is 1. The number of ether oxygens (including phenoxy) is 5. The van der Waals surface area contributed by atoms with Crippen LogP contribution in [0.25, 0.3) is 10.9 Å². The van der Waals surface area contributed by atoms with Crippen molar-refractivity contribution in [3.05, 3.63) is 155 Å². The number of aliphatic hydroxyl groups excluding tert-OH is 1. The Morgan fingerprint density at radius 2 is 1.30 bits per heavy atom. The molecule has 2 saturated carbocycles. The van der Waals surface area contributed by atoms with E-state index in [1.807, 2.05) is 78.9 Å². The Morgan fingerprint density at radius 3 is 1.83 bits per heavy atom. The number of hydrogen-bond donors (Lipinski definition) is 2. The van der Waals surface area contributed by atoms with Crippen molar-refractivity contribution >= 4 is 34.4 Å². The summed E-state index contributed by atoms with van der Waals surface area (Å²) in [5, 5.41) is 13.7. The van der Waals surface area contributed by atoms with Crippen LogP contribution < -0.4 is 24.3 Å². The van der Waals surface area contributed by atoms with Gasteiger partial charge in [-0.25, -0.2) is 8.78 Å². The standard InChI is InChI=1S/C27H30FNO4.C24H26FNO3.C10H12O2.CH3.Pd/c1-26(2,3)24-12-18-11-17(20(28)15-21(18)29(24)9-4-10-30)13-25(31)27(7-8-27)19-5-6-22-23(14-19)33-16-32-22;1-23(2,3)21-9-15-8-14(17(25)12-18(15)26-21)10-22(27)24(6-7-24)16-4-5-19-20(11-16)29-13-28-19;11-7-4-8-12-9-10-5-2-1-3-6-10;;/h5-6,11-12,14-15,30H,4,7-10,13,16H2,1-3H3;4-5,8,11-12,21,26H,6-7,9-10,13H2,1-3H3;1-3,5-7H,4,8-9H2;1H3;/q;;;-1;. The van der Waals surface area contributed by atoms with Gasteiger partial charge < -0.3 is 50.9 Å². The number of benzene rings is 5. The zero-order valence-corrected chi connectivity index (χ0v) is 46.3. The molecular weight excluding hydrogens is 1060 g/mol. The normalized spacial score (nSPS) is 16.6. The van der Waals surface area contributed by atoms with Gasteiger partial charge in [-0.3, -0.25) is 9.59 Å². The predicted octanol–water partition coefficient (Wildman–Crippen LogP) is 12.1. The van der Waals surface area contributed by atoms with Crippen LogP contribution in [0.3, 0.4) is 0 Å². The van der Waals surface area contributed by atoms with E-state index in [0.29, 0.717) is 66.7 Å². The van der Waals surface area contributed by atoms with Crippen molar-refractivity contribution in [2.75, 3.05) is 32.1 Å². The minimum absolute atomic E-state index is 0. The molecule has 4 heterocycles. The maximum absolute atomic E-state index is 15.2. The first kappa shape index (κ1) is 57.8. The van der Waals surface area contributed by atoms with Gasteiger partial charge in [-0.2, -0.15) is 0 Å². The van der Waals surface area contributed by atoms with Crippen LogP contribution >= 0.6 is 0 Å². The topological polar surface area (TPSA) is 135 Å². The molecule has 2 N–H and O–H groups in total. The van der Waals surface area contributed by atoms with Gasteiger partial charge in [-0.1, -0.05) is 90.1 Å². The van der Waals surface area contributed by atoms with E-state index in [4.69, 9.17) is 23.7 Å². The summed E-state index contributed by atoms with van der Waals surface area (Å²) in [6.45, 7) is 15.1. The zero-order chi connectivity index (χ0) is 52.4. The average Bonchev–Trinajstić information content (AvgIpc) is 4.16. The molecule has 1 atom stereocenters. The maximum Gasteiger partial charge on any atom is 0.231 e. The van der Waals surface area contributed by atoms with E-state index in [1.54, 1.807) is 12.1 Å². The molecule has 3 aliphatic heterocycles. The van der Waals surface area contributed by atoms with E-state index in [1.165, 1.54) is 0 Å². The third-order valence-corrected chi connectivity index (χ3v) is 15.1. The van der Waals surface area contributed by atoms with Crippen LogP contribution in [0, 0.1) is 24.5 Å². The van der Waals surface area contributed by atoms with E-state index < -0.39 is 10.8 Å². The molecule has 14 heteroatoms. The van der Waals surface area contributed by atoms with E-state index in [0.717, 1.165) is 82.9 Å². The number of anilines is 1. The molecule has 5 aliphatic rings. The van der Waals surface area contributed by atoms with Crippen molar-refractivity contribution in [2.24, 2.45) is 5.41 Å². The summed E-state index contributed by atoms with van der Waals surface area (Å²) in [4.78, 5) is 36.5. The summed E-state index contributed by atoms with van der Waals surface area (Å²) in [6.07, 6.45) is 6.11. The number of nitrogens with zero attached hydrogens (tertiary/aromatic N) is 1. The molecule has 76 heavy (non-hydrogen) atoms. The van der Waals surface area contributed by atoms with Gasteiger partial charge in [-0.05, 0) is 126 Å². The molecule has 0 saturated heterocycles. The second-order valence-corrected chi connectivity index (χ2v) is 22.4. The Bertz CT molecular complexity index is 3040. The first-order valence-corrected chi connectivity index (χ1v) is 25.9. The molecule has 2 fully saturated rings. The molecule has 1 unspecified atom stereocenters. The van der Waals surface area contributed by atoms with Crippen LogP contribution in [0.4, 0.5) is 14.5 Å². The molecule has 0 radical (unpaired) electrons. The first-order chi connectivity index (χ1) is 35.4. The molecule has 0 amide bonds. The minimum atomic E-state index is -0.563. The number of aliphatic hydroxyl groups is 1. The van der Waals surface area contributed by atoms with Crippen molar-refractivity contribution in [3.8, 4) is 23.0 Å². The molecule has 0 bridgehead atoms. The van der Waals surface area contributed by atoms with Crippen LogP contribution in [0.15, 0.2) is 97.1 Å². The van der Waals surface area contributed by atoms with Crippen molar-refractivity contribution in [3.63, 3.8) is 0 Å². The van der Waals surface area contributed by atoms with Crippen molar-refractivity contribution in [1.82, 2.24) is 4.57 Å². The minimum Gasteiger partial charge on any atom is -0.454 e. The van der Waals surface area contributed by atoms with E-state index in [-0.39, 0.29) is 101 Å². The number of nitrogens with one attached hydrogen (secondary N) is 1.